The largest absolute Gasteiger partial charge is 0.462 e. The van der Waals surface area contributed by atoms with Crippen LogP contribution in [-0.4, -0.2) is 37.2 Å². The molecule has 0 aliphatic carbocycles. The number of rotatable bonds is 67. The average molecular weight is 1120 g/mol. The van der Waals surface area contributed by atoms with Gasteiger partial charge >= 0.3 is 17.9 Å². The summed E-state index contributed by atoms with van der Waals surface area (Å²) in [5, 5.41) is 0. The highest BCUT2D eigenvalue weighted by Crippen LogP contribution is 2.19. The van der Waals surface area contributed by atoms with Crippen LogP contribution in [0.2, 0.25) is 0 Å². The molecular weight excluding hydrogens is 985 g/mol. The zero-order chi connectivity index (χ0) is 57.8. The number of unbranched alkanes of at least 4 members (excludes halogenated alkanes) is 50. The maximum atomic E-state index is 12.9. The predicted octanol–water partition coefficient (Wildman–Crippen LogP) is 24.7. The third-order valence-electron chi connectivity index (χ3n) is 16.4. The Balaban J connectivity index is 4.11. The van der Waals surface area contributed by atoms with Gasteiger partial charge in [-0.15, -0.1) is 0 Å². The van der Waals surface area contributed by atoms with Crippen LogP contribution in [0.1, 0.15) is 400 Å². The van der Waals surface area contributed by atoms with Crippen molar-refractivity contribution in [3.05, 3.63) is 36.5 Å². The zero-order valence-corrected chi connectivity index (χ0v) is 54.1. The maximum absolute atomic E-state index is 12.9. The minimum Gasteiger partial charge on any atom is -0.462 e. The SMILES string of the molecule is CCCCCCC/C=C\C/C=C\C/C=C\CCCCCCCCCCCCCCCCCCCCC(=O)OCC(COC(=O)CCCCCCCCCCCCCCCC)OC(=O)CCCCCCCCCCCCCCCCC. The molecule has 0 rings (SSSR count). The van der Waals surface area contributed by atoms with Crippen LogP contribution in [0.3, 0.4) is 0 Å². The fourth-order valence-corrected chi connectivity index (χ4v) is 11.0. The Morgan fingerprint density at radius 1 is 0.250 bits per heavy atom. The van der Waals surface area contributed by atoms with E-state index in [1.54, 1.807) is 0 Å². The van der Waals surface area contributed by atoms with Gasteiger partial charge in [-0.2, -0.15) is 0 Å². The van der Waals surface area contributed by atoms with Gasteiger partial charge < -0.3 is 14.2 Å². The highest BCUT2D eigenvalue weighted by Gasteiger charge is 2.19. The van der Waals surface area contributed by atoms with Gasteiger partial charge in [0.25, 0.3) is 0 Å². The molecule has 1 atom stereocenters. The van der Waals surface area contributed by atoms with Crippen molar-refractivity contribution in [3.63, 3.8) is 0 Å². The summed E-state index contributed by atoms with van der Waals surface area (Å²) in [6.45, 7) is 6.70. The molecule has 0 spiro atoms. The normalized spacial score (nSPS) is 12.2. The number of carbonyl (C=O) groups excluding carboxylic acids is 3. The molecule has 0 heterocycles. The summed E-state index contributed by atoms with van der Waals surface area (Å²) in [5.41, 5.74) is 0. The number of hydrogen-bond donors (Lipinski definition) is 0. The van der Waals surface area contributed by atoms with Crippen LogP contribution in [0.15, 0.2) is 36.5 Å². The lowest BCUT2D eigenvalue weighted by Gasteiger charge is -2.18. The van der Waals surface area contributed by atoms with Gasteiger partial charge in [-0.1, -0.05) is 359 Å². The molecule has 0 saturated heterocycles. The van der Waals surface area contributed by atoms with Crippen LogP contribution in [0.5, 0.6) is 0 Å². The van der Waals surface area contributed by atoms with Crippen molar-refractivity contribution in [2.75, 3.05) is 13.2 Å². The first-order valence-corrected chi connectivity index (χ1v) is 36.0. The van der Waals surface area contributed by atoms with E-state index in [1.807, 2.05) is 0 Å². The lowest BCUT2D eigenvalue weighted by atomic mass is 10.0. The highest BCUT2D eigenvalue weighted by atomic mass is 16.6. The van der Waals surface area contributed by atoms with Crippen molar-refractivity contribution in [1.82, 2.24) is 0 Å². The van der Waals surface area contributed by atoms with Crippen LogP contribution in [0.4, 0.5) is 0 Å². The molecule has 6 heteroatoms. The number of esters is 3. The number of carbonyl (C=O) groups is 3. The van der Waals surface area contributed by atoms with E-state index >= 15 is 0 Å². The number of hydrogen-bond acceptors (Lipinski definition) is 6. The standard InChI is InChI=1S/C74H138O6/c1-4-7-10-13-16-19-22-25-28-29-30-31-32-33-34-35-36-37-38-39-40-41-42-43-44-45-47-49-52-55-58-61-64-67-73(76)79-70-71(69-78-72(75)66-63-60-57-54-51-48-27-24-21-18-15-12-9-6-3)80-74(77)68-65-62-59-56-53-50-46-26-23-20-17-14-11-8-5-2/h22,25,29-30,32-33,71H,4-21,23-24,26-28,31,34-70H2,1-3H3/b25-22-,30-29-,33-32-. The molecule has 6 nitrogen and oxygen atoms in total. The predicted molar refractivity (Wildman–Crippen MR) is 349 cm³/mol. The van der Waals surface area contributed by atoms with E-state index in [9.17, 15) is 14.4 Å². The molecule has 0 N–H and O–H groups in total. The van der Waals surface area contributed by atoms with Crippen LogP contribution in [-0.2, 0) is 28.6 Å². The Kier molecular flexibility index (Phi) is 67.1. The van der Waals surface area contributed by atoms with Crippen molar-refractivity contribution >= 4 is 17.9 Å². The molecule has 0 aromatic carbocycles. The summed E-state index contributed by atoms with van der Waals surface area (Å²) in [6.07, 6.45) is 86.1. The van der Waals surface area contributed by atoms with Crippen LogP contribution >= 0.6 is 0 Å². The first-order valence-electron chi connectivity index (χ1n) is 36.0. The molecule has 80 heavy (non-hydrogen) atoms. The average Bonchev–Trinajstić information content (AvgIpc) is 3.46. The van der Waals surface area contributed by atoms with Crippen molar-refractivity contribution in [1.29, 1.82) is 0 Å². The fraction of sp³-hybridized carbons (Fsp3) is 0.878. The minimum atomic E-state index is -0.767. The van der Waals surface area contributed by atoms with Gasteiger partial charge in [-0.05, 0) is 57.8 Å². The second-order valence-electron chi connectivity index (χ2n) is 24.5. The monoisotopic (exact) mass is 1120 g/mol. The summed E-state index contributed by atoms with van der Waals surface area (Å²) >= 11 is 0. The van der Waals surface area contributed by atoms with E-state index in [0.717, 1.165) is 70.6 Å². The smallest absolute Gasteiger partial charge is 0.306 e. The zero-order valence-electron chi connectivity index (χ0n) is 54.1. The Hall–Kier alpha value is -2.37. The van der Waals surface area contributed by atoms with Crippen molar-refractivity contribution in [3.8, 4) is 0 Å². The third-order valence-corrected chi connectivity index (χ3v) is 16.4. The molecule has 1 unspecified atom stereocenters. The Morgan fingerprint density at radius 2 is 0.450 bits per heavy atom. The van der Waals surface area contributed by atoms with E-state index < -0.39 is 6.10 Å². The Labute approximate surface area is 499 Å². The molecule has 0 fully saturated rings. The topological polar surface area (TPSA) is 78.9 Å². The van der Waals surface area contributed by atoms with Crippen LogP contribution < -0.4 is 0 Å². The third kappa shape index (κ3) is 66.4. The molecule has 0 amide bonds. The van der Waals surface area contributed by atoms with Crippen molar-refractivity contribution < 1.29 is 28.6 Å². The number of ether oxygens (including phenoxy) is 3. The van der Waals surface area contributed by atoms with E-state index in [-0.39, 0.29) is 31.1 Å². The van der Waals surface area contributed by atoms with Crippen molar-refractivity contribution in [2.24, 2.45) is 0 Å². The number of allylic oxidation sites excluding steroid dienone is 6. The molecular formula is C74H138O6. The quantitative estimate of drug-likeness (QED) is 0.0261. The first-order chi connectivity index (χ1) is 39.5. The summed E-state index contributed by atoms with van der Waals surface area (Å²) in [7, 11) is 0. The van der Waals surface area contributed by atoms with Crippen LogP contribution in [0, 0.1) is 0 Å². The molecule has 0 aromatic heterocycles. The van der Waals surface area contributed by atoms with E-state index in [2.05, 4.69) is 57.2 Å². The summed E-state index contributed by atoms with van der Waals surface area (Å²) in [6, 6.07) is 0. The second kappa shape index (κ2) is 69.1. The maximum Gasteiger partial charge on any atom is 0.306 e. The molecule has 0 aliphatic rings. The van der Waals surface area contributed by atoms with E-state index in [1.165, 1.54) is 289 Å². The highest BCUT2D eigenvalue weighted by molar-refractivity contribution is 5.71. The fourth-order valence-electron chi connectivity index (χ4n) is 11.0. The van der Waals surface area contributed by atoms with Gasteiger partial charge in [0.1, 0.15) is 13.2 Å². The lowest BCUT2D eigenvalue weighted by molar-refractivity contribution is -0.167. The van der Waals surface area contributed by atoms with Gasteiger partial charge in [0.05, 0.1) is 0 Å². The van der Waals surface area contributed by atoms with Gasteiger partial charge in [-0.25, -0.2) is 0 Å². The Morgan fingerprint density at radius 3 is 0.700 bits per heavy atom. The summed E-state index contributed by atoms with van der Waals surface area (Å²) < 4.78 is 17.0. The first kappa shape index (κ1) is 77.6. The van der Waals surface area contributed by atoms with Gasteiger partial charge in [0, 0.05) is 19.3 Å². The lowest BCUT2D eigenvalue weighted by Crippen LogP contribution is -2.30. The van der Waals surface area contributed by atoms with Gasteiger partial charge in [0.2, 0.25) is 0 Å². The minimum absolute atomic E-state index is 0.0640. The summed E-state index contributed by atoms with van der Waals surface area (Å²) in [5.74, 6) is -0.832. The van der Waals surface area contributed by atoms with Crippen molar-refractivity contribution in [2.45, 2.75) is 406 Å². The second-order valence-corrected chi connectivity index (χ2v) is 24.5. The van der Waals surface area contributed by atoms with Gasteiger partial charge in [0.15, 0.2) is 6.10 Å². The Bertz CT molecular complexity index is 1340. The van der Waals surface area contributed by atoms with Crippen LogP contribution in [0.25, 0.3) is 0 Å². The molecule has 0 bridgehead atoms. The molecule has 0 saturated carbocycles. The van der Waals surface area contributed by atoms with E-state index in [0.29, 0.717) is 19.3 Å². The van der Waals surface area contributed by atoms with E-state index in [4.69, 9.17) is 14.2 Å². The summed E-state index contributed by atoms with van der Waals surface area (Å²) in [4.78, 5) is 38.4. The molecule has 0 radical (unpaired) electrons. The molecule has 470 valence electrons. The molecule has 0 aliphatic heterocycles. The van der Waals surface area contributed by atoms with Gasteiger partial charge in [-0.3, -0.25) is 14.4 Å². The molecule has 0 aromatic rings.